The quantitative estimate of drug-likeness (QED) is 0.909. The Balaban J connectivity index is 2.27. The number of likely N-dealkylation sites (N-methyl/N-ethyl adjacent to an activating group) is 1. The molecule has 1 aliphatic rings. The Hall–Kier alpha value is -0.840. The lowest BCUT2D eigenvalue weighted by molar-refractivity contribution is -0.102. The lowest BCUT2D eigenvalue weighted by Gasteiger charge is -2.45. The zero-order chi connectivity index (χ0) is 14.3. The largest absolute Gasteiger partial charge is 0.468 e. The van der Waals surface area contributed by atoms with Crippen LogP contribution in [0.1, 0.15) is 39.9 Å². The molecule has 1 aromatic heterocycles. The van der Waals surface area contributed by atoms with E-state index in [4.69, 9.17) is 14.9 Å². The van der Waals surface area contributed by atoms with E-state index in [0.29, 0.717) is 6.54 Å². The van der Waals surface area contributed by atoms with Gasteiger partial charge < -0.3 is 14.9 Å². The van der Waals surface area contributed by atoms with Crippen molar-refractivity contribution in [3.05, 3.63) is 24.2 Å². The molecule has 2 rings (SSSR count). The first kappa shape index (κ1) is 14.6. The fourth-order valence-corrected chi connectivity index (χ4v) is 3.59. The molecule has 1 aromatic rings. The van der Waals surface area contributed by atoms with E-state index in [1.807, 2.05) is 12.1 Å². The summed E-state index contributed by atoms with van der Waals surface area (Å²) in [6, 6.07) is 3.91. The minimum absolute atomic E-state index is 0.152. The van der Waals surface area contributed by atoms with E-state index in [-0.39, 0.29) is 16.7 Å². The van der Waals surface area contributed by atoms with E-state index in [9.17, 15) is 0 Å². The number of furan rings is 1. The van der Waals surface area contributed by atoms with Crippen molar-refractivity contribution in [2.24, 2.45) is 5.73 Å². The Kier molecular flexibility index (Phi) is 3.54. The summed E-state index contributed by atoms with van der Waals surface area (Å²) >= 11 is 0. The van der Waals surface area contributed by atoms with Gasteiger partial charge in [0, 0.05) is 6.54 Å². The van der Waals surface area contributed by atoms with Crippen molar-refractivity contribution in [3.63, 3.8) is 0 Å². The Morgan fingerprint density at radius 1 is 1.32 bits per heavy atom. The third-order valence-electron chi connectivity index (χ3n) is 4.41. The van der Waals surface area contributed by atoms with Gasteiger partial charge in [-0.1, -0.05) is 0 Å². The lowest BCUT2D eigenvalue weighted by atomic mass is 9.77. The first-order valence-electron chi connectivity index (χ1n) is 6.86. The first-order valence-corrected chi connectivity index (χ1v) is 6.86. The van der Waals surface area contributed by atoms with Gasteiger partial charge in [0.2, 0.25) is 0 Å². The summed E-state index contributed by atoms with van der Waals surface area (Å²) in [4.78, 5) is 2.28. The van der Waals surface area contributed by atoms with Gasteiger partial charge in [-0.15, -0.1) is 0 Å². The normalized spacial score (nSPS) is 29.0. The monoisotopic (exact) mass is 266 g/mol. The van der Waals surface area contributed by atoms with Crippen LogP contribution >= 0.6 is 0 Å². The van der Waals surface area contributed by atoms with Crippen LogP contribution in [-0.2, 0) is 11.3 Å². The molecule has 2 N–H and O–H groups in total. The topological polar surface area (TPSA) is 51.6 Å². The van der Waals surface area contributed by atoms with Crippen LogP contribution in [0.25, 0.3) is 0 Å². The van der Waals surface area contributed by atoms with Crippen LogP contribution in [0.3, 0.4) is 0 Å². The van der Waals surface area contributed by atoms with E-state index in [1.54, 1.807) is 6.26 Å². The van der Waals surface area contributed by atoms with Crippen molar-refractivity contribution in [3.8, 4) is 0 Å². The van der Waals surface area contributed by atoms with Gasteiger partial charge in [0.15, 0.2) is 0 Å². The van der Waals surface area contributed by atoms with Gasteiger partial charge >= 0.3 is 0 Å². The Morgan fingerprint density at radius 3 is 2.42 bits per heavy atom. The maximum atomic E-state index is 6.23. The molecule has 0 saturated carbocycles. The second kappa shape index (κ2) is 4.62. The van der Waals surface area contributed by atoms with E-state index in [2.05, 4.69) is 39.6 Å². The first-order chi connectivity index (χ1) is 8.72. The summed E-state index contributed by atoms with van der Waals surface area (Å²) in [5.74, 6) is 0.954. The predicted molar refractivity (Wildman–Crippen MR) is 75.8 cm³/mol. The van der Waals surface area contributed by atoms with Crippen molar-refractivity contribution < 1.29 is 9.15 Å². The molecule has 1 saturated heterocycles. The van der Waals surface area contributed by atoms with E-state index in [1.165, 1.54) is 0 Å². The molecule has 1 fully saturated rings. The maximum absolute atomic E-state index is 6.23. The molecule has 1 aliphatic heterocycles. The molecular weight excluding hydrogens is 240 g/mol. The number of rotatable bonds is 4. The molecule has 4 heteroatoms. The van der Waals surface area contributed by atoms with Crippen molar-refractivity contribution in [1.29, 1.82) is 0 Å². The predicted octanol–water partition coefficient (Wildman–Crippen LogP) is 2.39. The smallest absolute Gasteiger partial charge is 0.117 e. The maximum Gasteiger partial charge on any atom is 0.117 e. The zero-order valence-corrected chi connectivity index (χ0v) is 12.7. The molecule has 0 bridgehead atoms. The SMILES string of the molecule is CN(Cc1ccco1)C1(CN)CC(C)(C)OC1(C)C. The van der Waals surface area contributed by atoms with Gasteiger partial charge in [0.25, 0.3) is 0 Å². The second-order valence-corrected chi connectivity index (χ2v) is 6.72. The minimum Gasteiger partial charge on any atom is -0.468 e. The summed E-state index contributed by atoms with van der Waals surface area (Å²) in [5, 5.41) is 0. The molecule has 108 valence electrons. The van der Waals surface area contributed by atoms with Gasteiger partial charge in [0.1, 0.15) is 5.76 Å². The van der Waals surface area contributed by atoms with Crippen LogP contribution in [0.5, 0.6) is 0 Å². The molecule has 0 amide bonds. The number of ether oxygens (including phenoxy) is 1. The summed E-state index contributed by atoms with van der Waals surface area (Å²) < 4.78 is 11.7. The molecule has 4 nitrogen and oxygen atoms in total. The van der Waals surface area contributed by atoms with Gasteiger partial charge in [-0.2, -0.15) is 0 Å². The zero-order valence-electron chi connectivity index (χ0n) is 12.7. The van der Waals surface area contributed by atoms with Gasteiger partial charge in [-0.3, -0.25) is 4.90 Å². The fraction of sp³-hybridized carbons (Fsp3) is 0.733. The van der Waals surface area contributed by atoms with E-state index in [0.717, 1.165) is 18.7 Å². The summed E-state index contributed by atoms with van der Waals surface area (Å²) in [7, 11) is 2.10. The van der Waals surface area contributed by atoms with Crippen LogP contribution in [0, 0.1) is 0 Å². The lowest BCUT2D eigenvalue weighted by Crippen LogP contribution is -2.61. The van der Waals surface area contributed by atoms with Crippen molar-refractivity contribution in [1.82, 2.24) is 4.90 Å². The summed E-state index contributed by atoms with van der Waals surface area (Å²) in [6.45, 7) is 9.84. The number of nitrogens with zero attached hydrogens (tertiary/aromatic N) is 1. The molecule has 0 aliphatic carbocycles. The molecule has 2 heterocycles. The summed E-state index contributed by atoms with van der Waals surface area (Å²) in [5.41, 5.74) is 5.53. The third kappa shape index (κ3) is 2.45. The van der Waals surface area contributed by atoms with Gasteiger partial charge in [0.05, 0.1) is 29.5 Å². The molecule has 1 atom stereocenters. The summed E-state index contributed by atoms with van der Waals surface area (Å²) in [6.07, 6.45) is 2.62. The fourth-order valence-electron chi connectivity index (χ4n) is 3.59. The van der Waals surface area contributed by atoms with E-state index >= 15 is 0 Å². The highest BCUT2D eigenvalue weighted by Crippen LogP contribution is 2.47. The number of hydrogen-bond donors (Lipinski definition) is 1. The Morgan fingerprint density at radius 2 is 2.00 bits per heavy atom. The van der Waals surface area contributed by atoms with Crippen molar-refractivity contribution in [2.75, 3.05) is 13.6 Å². The van der Waals surface area contributed by atoms with Crippen molar-refractivity contribution >= 4 is 0 Å². The van der Waals surface area contributed by atoms with Crippen LogP contribution in [0.4, 0.5) is 0 Å². The van der Waals surface area contributed by atoms with Crippen LogP contribution < -0.4 is 5.73 Å². The van der Waals surface area contributed by atoms with Crippen molar-refractivity contribution in [2.45, 2.75) is 57.4 Å². The highest BCUT2D eigenvalue weighted by atomic mass is 16.5. The van der Waals surface area contributed by atoms with Crippen LogP contribution in [0.15, 0.2) is 22.8 Å². The highest BCUT2D eigenvalue weighted by molar-refractivity contribution is 5.13. The molecule has 19 heavy (non-hydrogen) atoms. The highest BCUT2D eigenvalue weighted by Gasteiger charge is 2.58. The molecule has 0 spiro atoms. The molecule has 1 unspecified atom stereocenters. The number of hydrogen-bond acceptors (Lipinski definition) is 4. The van der Waals surface area contributed by atoms with Crippen LogP contribution in [0.2, 0.25) is 0 Å². The third-order valence-corrected chi connectivity index (χ3v) is 4.41. The second-order valence-electron chi connectivity index (χ2n) is 6.72. The van der Waals surface area contributed by atoms with Gasteiger partial charge in [-0.05, 0) is 53.3 Å². The number of nitrogens with two attached hydrogens (primary N) is 1. The average Bonchev–Trinajstić information content (AvgIpc) is 2.82. The molecular formula is C15H26N2O2. The standard InChI is InChI=1S/C15H26N2O2/c1-13(2)10-15(11-16,14(3,4)19-13)17(5)9-12-7-6-8-18-12/h6-8H,9-11,16H2,1-5H3. The molecule has 0 radical (unpaired) electrons. The van der Waals surface area contributed by atoms with E-state index < -0.39 is 0 Å². The average molecular weight is 266 g/mol. The molecule has 0 aromatic carbocycles. The Labute approximate surface area is 115 Å². The minimum atomic E-state index is -0.285. The Bertz CT molecular complexity index is 425. The van der Waals surface area contributed by atoms with Gasteiger partial charge in [-0.25, -0.2) is 0 Å². The van der Waals surface area contributed by atoms with Crippen LogP contribution in [-0.4, -0.2) is 35.2 Å².